The monoisotopic (exact) mass is 239 g/mol. The molecule has 5 heteroatoms. The van der Waals surface area contributed by atoms with Crippen LogP contribution in [-0.2, 0) is 9.59 Å². The van der Waals surface area contributed by atoms with Gasteiger partial charge in [-0.3, -0.25) is 14.5 Å². The van der Waals surface area contributed by atoms with Gasteiger partial charge in [-0.15, -0.1) is 0 Å². The van der Waals surface area contributed by atoms with Crippen molar-refractivity contribution in [1.29, 1.82) is 0 Å². The first kappa shape index (κ1) is 12.4. The van der Waals surface area contributed by atoms with E-state index >= 15 is 0 Å². The molecule has 2 amide bonds. The Balaban J connectivity index is 2.01. The van der Waals surface area contributed by atoms with E-state index in [2.05, 4.69) is 4.90 Å². The van der Waals surface area contributed by atoms with Crippen LogP contribution in [0.25, 0.3) is 0 Å². The van der Waals surface area contributed by atoms with Crippen LogP contribution in [0.5, 0.6) is 0 Å². The first-order chi connectivity index (χ1) is 8.09. The molecule has 2 rings (SSSR count). The summed E-state index contributed by atoms with van der Waals surface area (Å²) in [5.74, 6) is 0.258. The number of likely N-dealkylation sites (N-methyl/N-ethyl adjacent to an activating group) is 1. The SMILES string of the molecule is CC(=O)N1CCN(C)[C@H](C(=O)N2CCCC2)C1. The number of hydrogen-bond donors (Lipinski definition) is 0. The van der Waals surface area contributed by atoms with E-state index in [0.717, 1.165) is 39.0 Å². The molecule has 2 aliphatic heterocycles. The van der Waals surface area contributed by atoms with E-state index in [-0.39, 0.29) is 17.9 Å². The molecule has 17 heavy (non-hydrogen) atoms. The molecule has 0 N–H and O–H groups in total. The molecule has 5 nitrogen and oxygen atoms in total. The highest BCUT2D eigenvalue weighted by Gasteiger charge is 2.34. The Morgan fingerprint density at radius 3 is 2.24 bits per heavy atom. The van der Waals surface area contributed by atoms with Crippen LogP contribution in [-0.4, -0.2) is 72.3 Å². The lowest BCUT2D eigenvalue weighted by Crippen LogP contribution is -2.58. The molecule has 0 spiro atoms. The van der Waals surface area contributed by atoms with Gasteiger partial charge in [-0.25, -0.2) is 0 Å². The Bertz CT molecular complexity index is 313. The van der Waals surface area contributed by atoms with Crippen LogP contribution in [0.3, 0.4) is 0 Å². The minimum absolute atomic E-state index is 0.0670. The number of carbonyl (C=O) groups excluding carboxylic acids is 2. The molecular formula is C12H21N3O2. The maximum absolute atomic E-state index is 12.3. The first-order valence-corrected chi connectivity index (χ1v) is 6.34. The maximum Gasteiger partial charge on any atom is 0.241 e. The molecule has 1 atom stereocenters. The normalized spacial score (nSPS) is 26.4. The van der Waals surface area contributed by atoms with Crippen molar-refractivity contribution in [2.75, 3.05) is 39.8 Å². The number of amides is 2. The summed E-state index contributed by atoms with van der Waals surface area (Å²) in [7, 11) is 1.97. The molecule has 2 saturated heterocycles. The van der Waals surface area contributed by atoms with Crippen molar-refractivity contribution < 1.29 is 9.59 Å². The predicted molar refractivity (Wildman–Crippen MR) is 64.5 cm³/mol. The van der Waals surface area contributed by atoms with E-state index in [0.29, 0.717) is 6.54 Å². The molecule has 0 bridgehead atoms. The summed E-state index contributed by atoms with van der Waals surface area (Å²) >= 11 is 0. The Labute approximate surface area is 102 Å². The van der Waals surface area contributed by atoms with Crippen LogP contribution in [0, 0.1) is 0 Å². The van der Waals surface area contributed by atoms with Gasteiger partial charge in [-0.05, 0) is 19.9 Å². The third-order valence-electron chi connectivity index (χ3n) is 3.80. The van der Waals surface area contributed by atoms with Crippen molar-refractivity contribution in [3.63, 3.8) is 0 Å². The molecule has 2 fully saturated rings. The number of likely N-dealkylation sites (tertiary alicyclic amines) is 1. The standard InChI is InChI=1S/C12H21N3O2/c1-10(16)15-8-7-13(2)11(9-15)12(17)14-5-3-4-6-14/h11H,3-9H2,1-2H3/t11-/m0/s1. The lowest BCUT2D eigenvalue weighted by atomic mass is 10.1. The Hall–Kier alpha value is -1.10. The number of nitrogens with zero attached hydrogens (tertiary/aromatic N) is 3. The molecule has 0 aromatic carbocycles. The minimum atomic E-state index is -0.147. The van der Waals surface area contributed by atoms with Gasteiger partial charge >= 0.3 is 0 Å². The van der Waals surface area contributed by atoms with E-state index < -0.39 is 0 Å². The summed E-state index contributed by atoms with van der Waals surface area (Å²) in [6.45, 7) is 5.38. The second-order valence-corrected chi connectivity index (χ2v) is 4.99. The number of hydrogen-bond acceptors (Lipinski definition) is 3. The zero-order valence-electron chi connectivity index (χ0n) is 10.7. The molecule has 0 radical (unpaired) electrons. The molecular weight excluding hydrogens is 218 g/mol. The van der Waals surface area contributed by atoms with Crippen molar-refractivity contribution >= 4 is 11.8 Å². The third kappa shape index (κ3) is 2.60. The Morgan fingerprint density at radius 2 is 1.65 bits per heavy atom. The highest BCUT2D eigenvalue weighted by molar-refractivity contribution is 5.83. The predicted octanol–water partition coefficient (Wildman–Crippen LogP) is -0.229. The third-order valence-corrected chi connectivity index (χ3v) is 3.80. The quantitative estimate of drug-likeness (QED) is 0.635. The largest absolute Gasteiger partial charge is 0.341 e. The van der Waals surface area contributed by atoms with E-state index in [1.54, 1.807) is 11.8 Å². The summed E-state index contributed by atoms with van der Waals surface area (Å²) < 4.78 is 0. The van der Waals surface area contributed by atoms with E-state index in [4.69, 9.17) is 0 Å². The van der Waals surface area contributed by atoms with Crippen LogP contribution in [0.1, 0.15) is 19.8 Å². The van der Waals surface area contributed by atoms with Gasteiger partial charge in [-0.1, -0.05) is 0 Å². The average molecular weight is 239 g/mol. The highest BCUT2D eigenvalue weighted by Crippen LogP contribution is 2.15. The number of carbonyl (C=O) groups is 2. The zero-order valence-corrected chi connectivity index (χ0v) is 10.7. The first-order valence-electron chi connectivity index (χ1n) is 6.34. The van der Waals surface area contributed by atoms with Gasteiger partial charge in [0.25, 0.3) is 0 Å². The second kappa shape index (κ2) is 5.04. The van der Waals surface area contributed by atoms with Crippen molar-refractivity contribution in [3.8, 4) is 0 Å². The van der Waals surface area contributed by atoms with Gasteiger partial charge in [0.05, 0.1) is 0 Å². The van der Waals surface area contributed by atoms with Gasteiger partial charge in [0.1, 0.15) is 6.04 Å². The van der Waals surface area contributed by atoms with E-state index in [9.17, 15) is 9.59 Å². The molecule has 96 valence electrons. The Kier molecular flexibility index (Phi) is 3.66. The summed E-state index contributed by atoms with van der Waals surface area (Å²) in [5, 5.41) is 0. The van der Waals surface area contributed by atoms with Crippen LogP contribution in [0.4, 0.5) is 0 Å². The molecule has 0 aliphatic carbocycles. The van der Waals surface area contributed by atoms with Crippen LogP contribution in [0.2, 0.25) is 0 Å². The minimum Gasteiger partial charge on any atom is -0.341 e. The maximum atomic E-state index is 12.3. The smallest absolute Gasteiger partial charge is 0.241 e. The molecule has 0 aromatic rings. The molecule has 0 saturated carbocycles. The van der Waals surface area contributed by atoms with Gasteiger partial charge in [0.15, 0.2) is 0 Å². The summed E-state index contributed by atoms with van der Waals surface area (Å²) in [6, 6.07) is -0.147. The van der Waals surface area contributed by atoms with Crippen LogP contribution in [0.15, 0.2) is 0 Å². The molecule has 2 aliphatic rings. The van der Waals surface area contributed by atoms with Crippen molar-refractivity contribution in [3.05, 3.63) is 0 Å². The lowest BCUT2D eigenvalue weighted by molar-refractivity contribution is -0.141. The molecule has 0 aromatic heterocycles. The summed E-state index contributed by atoms with van der Waals surface area (Å²) in [6.07, 6.45) is 2.22. The van der Waals surface area contributed by atoms with Crippen LogP contribution < -0.4 is 0 Å². The summed E-state index contributed by atoms with van der Waals surface area (Å²) in [4.78, 5) is 29.5. The van der Waals surface area contributed by atoms with Crippen molar-refractivity contribution in [1.82, 2.24) is 14.7 Å². The van der Waals surface area contributed by atoms with Gasteiger partial charge in [0, 0.05) is 39.6 Å². The van der Waals surface area contributed by atoms with Crippen LogP contribution >= 0.6 is 0 Å². The number of rotatable bonds is 1. The topological polar surface area (TPSA) is 43.9 Å². The summed E-state index contributed by atoms with van der Waals surface area (Å²) in [5.41, 5.74) is 0. The second-order valence-electron chi connectivity index (χ2n) is 4.99. The average Bonchev–Trinajstić information content (AvgIpc) is 2.81. The fourth-order valence-corrected chi connectivity index (χ4v) is 2.57. The molecule has 0 unspecified atom stereocenters. The van der Waals surface area contributed by atoms with Crippen molar-refractivity contribution in [2.45, 2.75) is 25.8 Å². The van der Waals surface area contributed by atoms with Gasteiger partial charge in [0.2, 0.25) is 11.8 Å². The highest BCUT2D eigenvalue weighted by atomic mass is 16.2. The number of piperazine rings is 1. The Morgan fingerprint density at radius 1 is 1.00 bits per heavy atom. The molecule has 2 heterocycles. The fourth-order valence-electron chi connectivity index (χ4n) is 2.57. The zero-order chi connectivity index (χ0) is 12.4. The van der Waals surface area contributed by atoms with Crippen molar-refractivity contribution in [2.24, 2.45) is 0 Å². The van der Waals surface area contributed by atoms with E-state index in [1.165, 1.54) is 0 Å². The van der Waals surface area contributed by atoms with Gasteiger partial charge < -0.3 is 9.80 Å². The van der Waals surface area contributed by atoms with E-state index in [1.807, 2.05) is 11.9 Å². The fraction of sp³-hybridized carbons (Fsp3) is 0.833. The lowest BCUT2D eigenvalue weighted by Gasteiger charge is -2.39. The van der Waals surface area contributed by atoms with Gasteiger partial charge in [-0.2, -0.15) is 0 Å².